The van der Waals surface area contributed by atoms with Gasteiger partial charge in [-0.15, -0.1) is 0 Å². The summed E-state index contributed by atoms with van der Waals surface area (Å²) in [5.41, 5.74) is 0.361. The highest BCUT2D eigenvalue weighted by Crippen LogP contribution is 2.23. The largest absolute Gasteiger partial charge is 0.506 e. The summed E-state index contributed by atoms with van der Waals surface area (Å²) in [5.74, 6) is -1.39. The molecular formula is C11H7F2NO. The third-order valence-electron chi connectivity index (χ3n) is 1.92. The van der Waals surface area contributed by atoms with E-state index in [1.54, 1.807) is 6.07 Å². The summed E-state index contributed by atoms with van der Waals surface area (Å²) in [6.45, 7) is 0. The van der Waals surface area contributed by atoms with E-state index in [0.717, 1.165) is 12.3 Å². The van der Waals surface area contributed by atoms with Gasteiger partial charge in [0.15, 0.2) is 5.82 Å². The maximum Gasteiger partial charge on any atom is 0.153 e. The molecule has 1 aromatic heterocycles. The summed E-state index contributed by atoms with van der Waals surface area (Å²) in [6.07, 6.45) is 1.11. The number of nitrogens with zero attached hydrogens (tertiary/aromatic N) is 1. The van der Waals surface area contributed by atoms with Crippen LogP contribution in [-0.4, -0.2) is 10.1 Å². The van der Waals surface area contributed by atoms with Crippen molar-refractivity contribution in [1.29, 1.82) is 0 Å². The van der Waals surface area contributed by atoms with Crippen LogP contribution in [0.3, 0.4) is 0 Å². The molecule has 0 saturated heterocycles. The van der Waals surface area contributed by atoms with Crippen LogP contribution >= 0.6 is 0 Å². The molecule has 0 aliphatic heterocycles. The van der Waals surface area contributed by atoms with Gasteiger partial charge in [0.1, 0.15) is 17.3 Å². The van der Waals surface area contributed by atoms with Crippen LogP contribution in [0, 0.1) is 11.6 Å². The molecule has 2 nitrogen and oxygen atoms in total. The molecule has 0 amide bonds. The highest BCUT2D eigenvalue weighted by Gasteiger charge is 2.07. The van der Waals surface area contributed by atoms with E-state index in [-0.39, 0.29) is 11.4 Å². The van der Waals surface area contributed by atoms with Crippen LogP contribution in [0.5, 0.6) is 5.75 Å². The van der Waals surface area contributed by atoms with Crippen molar-refractivity contribution in [3.63, 3.8) is 0 Å². The number of hydrogen-bond donors (Lipinski definition) is 1. The average molecular weight is 207 g/mol. The molecule has 76 valence electrons. The number of rotatable bonds is 1. The van der Waals surface area contributed by atoms with Crippen molar-refractivity contribution in [2.45, 2.75) is 0 Å². The monoisotopic (exact) mass is 207 g/mol. The third-order valence-corrected chi connectivity index (χ3v) is 1.92. The van der Waals surface area contributed by atoms with Crippen LogP contribution in [0.2, 0.25) is 0 Å². The highest BCUT2D eigenvalue weighted by molar-refractivity contribution is 5.60. The predicted molar refractivity (Wildman–Crippen MR) is 51.3 cm³/mol. The molecule has 1 N–H and O–H groups in total. The van der Waals surface area contributed by atoms with Crippen molar-refractivity contribution in [2.24, 2.45) is 0 Å². The summed E-state index contributed by atoms with van der Waals surface area (Å²) >= 11 is 0. The molecule has 2 rings (SSSR count). The Morgan fingerprint density at radius 3 is 2.60 bits per heavy atom. The number of aromatic nitrogens is 1. The fourth-order valence-electron chi connectivity index (χ4n) is 1.28. The smallest absolute Gasteiger partial charge is 0.153 e. The molecule has 15 heavy (non-hydrogen) atoms. The lowest BCUT2D eigenvalue weighted by molar-refractivity contribution is 0.466. The minimum absolute atomic E-state index is 0.0206. The molecule has 0 spiro atoms. The van der Waals surface area contributed by atoms with Crippen molar-refractivity contribution >= 4 is 0 Å². The maximum atomic E-state index is 13.3. The van der Waals surface area contributed by atoms with Crippen molar-refractivity contribution in [3.05, 3.63) is 48.2 Å². The van der Waals surface area contributed by atoms with Gasteiger partial charge < -0.3 is 5.11 Å². The lowest BCUT2D eigenvalue weighted by atomic mass is 10.1. The van der Waals surface area contributed by atoms with Gasteiger partial charge in [-0.2, -0.15) is 0 Å². The van der Waals surface area contributed by atoms with Crippen molar-refractivity contribution in [2.75, 3.05) is 0 Å². The van der Waals surface area contributed by atoms with Gasteiger partial charge in [0, 0.05) is 11.6 Å². The fourth-order valence-corrected chi connectivity index (χ4v) is 1.28. The Hall–Kier alpha value is -1.97. The molecule has 0 bridgehead atoms. The molecule has 1 heterocycles. The predicted octanol–water partition coefficient (Wildman–Crippen LogP) is 2.73. The SMILES string of the molecule is Oc1cnc(-c2cccc(F)c2)c(F)c1. The first-order valence-corrected chi connectivity index (χ1v) is 4.27. The second-order valence-electron chi connectivity index (χ2n) is 3.03. The lowest BCUT2D eigenvalue weighted by Crippen LogP contribution is -1.89. The first kappa shape index (κ1) is 9.58. The summed E-state index contributed by atoms with van der Waals surface area (Å²) in [7, 11) is 0. The van der Waals surface area contributed by atoms with E-state index in [1.807, 2.05) is 0 Å². The van der Waals surface area contributed by atoms with Crippen molar-refractivity contribution in [1.82, 2.24) is 4.98 Å². The van der Waals surface area contributed by atoms with Crippen LogP contribution in [0.1, 0.15) is 0 Å². The van der Waals surface area contributed by atoms with Crippen molar-refractivity contribution in [3.8, 4) is 17.0 Å². The Balaban J connectivity index is 2.54. The molecule has 1 aromatic carbocycles. The zero-order chi connectivity index (χ0) is 10.8. The van der Waals surface area contributed by atoms with E-state index in [0.29, 0.717) is 5.56 Å². The summed E-state index contributed by atoms with van der Waals surface area (Å²) in [4.78, 5) is 3.70. The first-order chi connectivity index (χ1) is 7.16. The topological polar surface area (TPSA) is 33.1 Å². The molecule has 0 aliphatic rings. The van der Waals surface area contributed by atoms with Gasteiger partial charge >= 0.3 is 0 Å². The number of pyridine rings is 1. The molecule has 0 atom stereocenters. The van der Waals surface area contributed by atoms with Gasteiger partial charge in [-0.3, -0.25) is 0 Å². The van der Waals surface area contributed by atoms with Gasteiger partial charge in [-0.25, -0.2) is 13.8 Å². The molecule has 0 fully saturated rings. The number of halogens is 2. The Morgan fingerprint density at radius 2 is 1.93 bits per heavy atom. The summed E-state index contributed by atoms with van der Waals surface area (Å²) < 4.78 is 26.2. The molecule has 0 saturated carbocycles. The Kier molecular flexibility index (Phi) is 2.33. The van der Waals surface area contributed by atoms with E-state index in [1.165, 1.54) is 18.2 Å². The van der Waals surface area contributed by atoms with Crippen molar-refractivity contribution < 1.29 is 13.9 Å². The quantitative estimate of drug-likeness (QED) is 0.779. The summed E-state index contributed by atoms with van der Waals surface area (Å²) in [5, 5.41) is 8.96. The van der Waals surface area contributed by atoms with E-state index in [4.69, 9.17) is 5.11 Å². The van der Waals surface area contributed by atoms with E-state index in [9.17, 15) is 8.78 Å². The van der Waals surface area contributed by atoms with Crippen LogP contribution in [-0.2, 0) is 0 Å². The third kappa shape index (κ3) is 1.93. The normalized spacial score (nSPS) is 10.3. The second-order valence-corrected chi connectivity index (χ2v) is 3.03. The zero-order valence-corrected chi connectivity index (χ0v) is 7.61. The zero-order valence-electron chi connectivity index (χ0n) is 7.61. The van der Waals surface area contributed by atoms with Gasteiger partial charge in [0.25, 0.3) is 0 Å². The number of aromatic hydroxyl groups is 1. The Morgan fingerprint density at radius 1 is 1.13 bits per heavy atom. The Labute approximate surface area is 84.8 Å². The fraction of sp³-hybridized carbons (Fsp3) is 0. The second kappa shape index (κ2) is 3.65. The molecular weight excluding hydrogens is 200 g/mol. The molecule has 4 heteroatoms. The van der Waals surface area contributed by atoms with Crippen LogP contribution in [0.15, 0.2) is 36.5 Å². The lowest BCUT2D eigenvalue weighted by Gasteiger charge is -2.02. The minimum Gasteiger partial charge on any atom is -0.506 e. The average Bonchev–Trinajstić information content (AvgIpc) is 2.17. The van der Waals surface area contributed by atoms with E-state index < -0.39 is 11.6 Å². The molecule has 0 unspecified atom stereocenters. The van der Waals surface area contributed by atoms with Gasteiger partial charge in [0.2, 0.25) is 0 Å². The van der Waals surface area contributed by atoms with Gasteiger partial charge in [-0.05, 0) is 12.1 Å². The summed E-state index contributed by atoms with van der Waals surface area (Å²) in [6, 6.07) is 6.40. The molecule has 2 aromatic rings. The van der Waals surface area contributed by atoms with E-state index >= 15 is 0 Å². The Bertz CT molecular complexity index is 500. The maximum absolute atomic E-state index is 13.3. The van der Waals surface area contributed by atoms with Crippen LogP contribution < -0.4 is 0 Å². The van der Waals surface area contributed by atoms with Crippen LogP contribution in [0.4, 0.5) is 8.78 Å². The standard InChI is InChI=1S/C11H7F2NO/c12-8-3-1-2-7(4-8)11-10(13)5-9(15)6-14-11/h1-6,15H. The first-order valence-electron chi connectivity index (χ1n) is 4.27. The van der Waals surface area contributed by atoms with Gasteiger partial charge in [-0.1, -0.05) is 12.1 Å². The van der Waals surface area contributed by atoms with E-state index in [2.05, 4.69) is 4.98 Å². The minimum atomic E-state index is -0.680. The molecule has 0 radical (unpaired) electrons. The molecule has 0 aliphatic carbocycles. The highest BCUT2D eigenvalue weighted by atomic mass is 19.1. The van der Waals surface area contributed by atoms with Crippen LogP contribution in [0.25, 0.3) is 11.3 Å². The number of benzene rings is 1. The number of hydrogen-bond acceptors (Lipinski definition) is 2. The van der Waals surface area contributed by atoms with Gasteiger partial charge in [0.05, 0.1) is 6.20 Å².